The molecule has 2 nitrogen and oxygen atoms in total. The van der Waals surface area contributed by atoms with E-state index >= 15 is 0 Å². The van der Waals surface area contributed by atoms with E-state index in [0.717, 1.165) is 13.1 Å². The summed E-state index contributed by atoms with van der Waals surface area (Å²) in [7, 11) is 0. The van der Waals surface area contributed by atoms with Crippen molar-refractivity contribution in [3.05, 3.63) is 57.3 Å². The Labute approximate surface area is 131 Å². The molecule has 1 aromatic carbocycles. The molecule has 2 N–H and O–H groups in total. The van der Waals surface area contributed by atoms with E-state index in [0.29, 0.717) is 6.04 Å². The fourth-order valence-electron chi connectivity index (χ4n) is 3.35. The Balaban J connectivity index is 1.90. The van der Waals surface area contributed by atoms with Crippen molar-refractivity contribution in [3.8, 4) is 0 Å². The maximum absolute atomic E-state index is 6.34. The van der Waals surface area contributed by atoms with Gasteiger partial charge in [-0.05, 0) is 56.5 Å². The van der Waals surface area contributed by atoms with Crippen molar-refractivity contribution in [2.45, 2.75) is 45.3 Å². The fourth-order valence-corrected chi connectivity index (χ4v) is 4.48. The van der Waals surface area contributed by atoms with Crippen LogP contribution in [-0.4, -0.2) is 17.5 Å². The molecule has 0 saturated heterocycles. The van der Waals surface area contributed by atoms with Gasteiger partial charge in [0.05, 0.1) is 6.04 Å². The summed E-state index contributed by atoms with van der Waals surface area (Å²) in [6.07, 6.45) is 2.40. The molecular formula is C18H24N2S. The summed E-state index contributed by atoms with van der Waals surface area (Å²) in [4.78, 5) is 5.34. The maximum atomic E-state index is 6.34. The highest BCUT2D eigenvalue weighted by molar-refractivity contribution is 7.12. The number of benzene rings is 1. The molecule has 0 bridgehead atoms. The Hall–Kier alpha value is -1.16. The highest BCUT2D eigenvalue weighted by atomic mass is 32.1. The average molecular weight is 300 g/mol. The summed E-state index contributed by atoms with van der Waals surface area (Å²) < 4.78 is 0. The molecule has 112 valence electrons. The number of nitrogens with two attached hydrogens (primary N) is 1. The van der Waals surface area contributed by atoms with Gasteiger partial charge in [-0.15, -0.1) is 11.3 Å². The third-order valence-electron chi connectivity index (χ3n) is 4.33. The van der Waals surface area contributed by atoms with Crippen molar-refractivity contribution in [3.63, 3.8) is 0 Å². The van der Waals surface area contributed by atoms with Crippen LogP contribution in [-0.2, 0) is 13.0 Å². The van der Waals surface area contributed by atoms with E-state index in [1.807, 2.05) is 11.3 Å². The van der Waals surface area contributed by atoms with Gasteiger partial charge in [0, 0.05) is 22.3 Å². The summed E-state index contributed by atoms with van der Waals surface area (Å²) >= 11 is 1.88. The van der Waals surface area contributed by atoms with E-state index in [1.54, 1.807) is 0 Å². The van der Waals surface area contributed by atoms with Gasteiger partial charge in [-0.1, -0.05) is 24.3 Å². The van der Waals surface area contributed by atoms with Gasteiger partial charge in [0.25, 0.3) is 0 Å². The summed E-state index contributed by atoms with van der Waals surface area (Å²) in [5, 5.41) is 0. The van der Waals surface area contributed by atoms with Crippen molar-refractivity contribution < 1.29 is 0 Å². The van der Waals surface area contributed by atoms with Crippen LogP contribution in [0.4, 0.5) is 0 Å². The summed E-state index contributed by atoms with van der Waals surface area (Å²) in [5.41, 5.74) is 9.32. The molecule has 0 aliphatic carbocycles. The van der Waals surface area contributed by atoms with Gasteiger partial charge in [0.2, 0.25) is 0 Å². The Kier molecular flexibility index (Phi) is 4.43. The second kappa shape index (κ2) is 6.30. The maximum Gasteiger partial charge on any atom is 0.0593 e. The molecule has 2 atom stereocenters. The molecule has 2 heterocycles. The smallest absolute Gasteiger partial charge is 0.0593 e. The van der Waals surface area contributed by atoms with Crippen molar-refractivity contribution in [2.75, 3.05) is 6.54 Å². The monoisotopic (exact) mass is 300 g/mol. The first-order valence-corrected chi connectivity index (χ1v) is 8.59. The predicted octanol–water partition coefficient (Wildman–Crippen LogP) is 3.89. The van der Waals surface area contributed by atoms with Crippen molar-refractivity contribution in [1.82, 2.24) is 4.90 Å². The Morgan fingerprint density at radius 2 is 1.90 bits per heavy atom. The highest BCUT2D eigenvalue weighted by Gasteiger charge is 2.27. The topological polar surface area (TPSA) is 29.3 Å². The van der Waals surface area contributed by atoms with E-state index in [2.05, 4.69) is 55.1 Å². The van der Waals surface area contributed by atoms with Gasteiger partial charge in [-0.25, -0.2) is 0 Å². The van der Waals surface area contributed by atoms with Gasteiger partial charge in [-0.2, -0.15) is 0 Å². The zero-order valence-corrected chi connectivity index (χ0v) is 13.7. The minimum absolute atomic E-state index is 0.147. The van der Waals surface area contributed by atoms with E-state index in [1.165, 1.54) is 33.7 Å². The van der Waals surface area contributed by atoms with Crippen LogP contribution in [0.25, 0.3) is 0 Å². The van der Waals surface area contributed by atoms with Gasteiger partial charge < -0.3 is 5.73 Å². The minimum Gasteiger partial charge on any atom is -0.326 e. The molecule has 2 unspecified atom stereocenters. The van der Waals surface area contributed by atoms with Crippen LogP contribution in [0.5, 0.6) is 0 Å². The first kappa shape index (κ1) is 14.8. The predicted molar refractivity (Wildman–Crippen MR) is 90.6 cm³/mol. The fraction of sp³-hybridized carbons (Fsp3) is 0.444. The van der Waals surface area contributed by atoms with Crippen LogP contribution in [0.2, 0.25) is 0 Å². The lowest BCUT2D eigenvalue weighted by molar-refractivity contribution is 0.173. The standard InChI is InChI=1S/C18H24N2S/c1-13-9-10-17(21-13)18(14(2)19)20-11-5-8-15-6-3-4-7-16(15)12-20/h3-4,6-7,9-10,14,18H,5,8,11-12,19H2,1-2H3. The number of aryl methyl sites for hydroxylation is 2. The van der Waals surface area contributed by atoms with E-state index in [4.69, 9.17) is 5.73 Å². The second-order valence-corrected chi connectivity index (χ2v) is 7.41. The largest absolute Gasteiger partial charge is 0.326 e. The molecule has 1 aliphatic rings. The third kappa shape index (κ3) is 3.20. The summed E-state index contributed by atoms with van der Waals surface area (Å²) in [6, 6.07) is 13.8. The molecule has 0 radical (unpaired) electrons. The van der Waals surface area contributed by atoms with Gasteiger partial charge in [0.15, 0.2) is 0 Å². The second-order valence-electron chi connectivity index (χ2n) is 6.10. The summed E-state index contributed by atoms with van der Waals surface area (Å²) in [5.74, 6) is 0. The van der Waals surface area contributed by atoms with Gasteiger partial charge >= 0.3 is 0 Å². The normalized spacial score (nSPS) is 18.8. The molecule has 2 aromatic rings. The SMILES string of the molecule is Cc1ccc(C(C(C)N)N2CCCc3ccccc3C2)s1. The average Bonchev–Trinajstić information content (AvgIpc) is 2.75. The number of hydrogen-bond donors (Lipinski definition) is 1. The zero-order valence-electron chi connectivity index (χ0n) is 12.9. The molecule has 0 amide bonds. The number of fused-ring (bicyclic) bond motifs is 1. The number of hydrogen-bond acceptors (Lipinski definition) is 3. The van der Waals surface area contributed by atoms with Crippen LogP contribution in [0.15, 0.2) is 36.4 Å². The molecule has 0 spiro atoms. The van der Waals surface area contributed by atoms with Gasteiger partial charge in [-0.3, -0.25) is 4.90 Å². The van der Waals surface area contributed by atoms with Gasteiger partial charge in [0.1, 0.15) is 0 Å². The van der Waals surface area contributed by atoms with Crippen LogP contribution in [0.1, 0.15) is 40.3 Å². The van der Waals surface area contributed by atoms with E-state index in [9.17, 15) is 0 Å². The van der Waals surface area contributed by atoms with Crippen LogP contribution in [0, 0.1) is 6.92 Å². The minimum atomic E-state index is 0.147. The van der Waals surface area contributed by atoms with Crippen LogP contribution in [0.3, 0.4) is 0 Å². The first-order valence-electron chi connectivity index (χ1n) is 7.78. The number of thiophene rings is 1. The van der Waals surface area contributed by atoms with Crippen molar-refractivity contribution in [1.29, 1.82) is 0 Å². The van der Waals surface area contributed by atoms with Crippen molar-refractivity contribution >= 4 is 11.3 Å². The summed E-state index contributed by atoms with van der Waals surface area (Å²) in [6.45, 7) is 6.44. The highest BCUT2D eigenvalue weighted by Crippen LogP contribution is 2.32. The Morgan fingerprint density at radius 3 is 2.57 bits per heavy atom. The molecule has 1 aliphatic heterocycles. The van der Waals surface area contributed by atoms with Crippen LogP contribution >= 0.6 is 11.3 Å². The molecule has 3 heteroatoms. The molecule has 1 aromatic heterocycles. The lowest BCUT2D eigenvalue weighted by Gasteiger charge is -2.33. The van der Waals surface area contributed by atoms with E-state index in [-0.39, 0.29) is 6.04 Å². The number of rotatable bonds is 3. The van der Waals surface area contributed by atoms with Crippen molar-refractivity contribution in [2.24, 2.45) is 5.73 Å². The quantitative estimate of drug-likeness (QED) is 0.931. The molecule has 21 heavy (non-hydrogen) atoms. The Morgan fingerprint density at radius 1 is 1.14 bits per heavy atom. The lowest BCUT2D eigenvalue weighted by Crippen LogP contribution is -2.38. The Bertz CT molecular complexity index is 603. The number of nitrogens with zero attached hydrogens (tertiary/aromatic N) is 1. The molecule has 3 rings (SSSR count). The molecule has 0 fully saturated rings. The van der Waals surface area contributed by atoms with E-state index < -0.39 is 0 Å². The third-order valence-corrected chi connectivity index (χ3v) is 5.40. The lowest BCUT2D eigenvalue weighted by atomic mass is 10.0. The molecular weight excluding hydrogens is 276 g/mol. The zero-order chi connectivity index (χ0) is 14.8. The first-order chi connectivity index (χ1) is 10.1. The van der Waals surface area contributed by atoms with Crippen LogP contribution < -0.4 is 5.73 Å². The molecule has 0 saturated carbocycles.